The molecule has 0 aliphatic heterocycles. The van der Waals surface area contributed by atoms with E-state index in [1.54, 1.807) is 7.05 Å². The van der Waals surface area contributed by atoms with Crippen LogP contribution in [0.15, 0.2) is 0 Å². The van der Waals surface area contributed by atoms with Crippen molar-refractivity contribution in [3.05, 3.63) is 0 Å². The van der Waals surface area contributed by atoms with Gasteiger partial charge in [0.15, 0.2) is 0 Å². The molecule has 0 radical (unpaired) electrons. The Kier molecular flexibility index (Phi) is 2.84. The lowest BCUT2D eigenvalue weighted by atomic mass is 10.3. The normalized spacial score (nSPS) is 17.0. The van der Waals surface area contributed by atoms with Crippen LogP contribution in [0, 0.1) is 5.92 Å². The maximum atomic E-state index is 10.9. The van der Waals surface area contributed by atoms with Crippen molar-refractivity contribution >= 4 is 5.97 Å². The zero-order valence-electron chi connectivity index (χ0n) is 6.87. The molecule has 0 saturated heterocycles. The van der Waals surface area contributed by atoms with Crippen LogP contribution in [0.25, 0.3) is 0 Å². The van der Waals surface area contributed by atoms with Gasteiger partial charge in [-0.1, -0.05) is 0 Å². The summed E-state index contributed by atoms with van der Waals surface area (Å²) in [4.78, 5) is 20.3. The number of carbonyl (C=O) groups is 1. The molecule has 0 heterocycles. The van der Waals surface area contributed by atoms with E-state index >= 15 is 0 Å². The molecule has 0 bridgehead atoms. The summed E-state index contributed by atoms with van der Waals surface area (Å²) < 4.78 is 0. The lowest BCUT2D eigenvalue weighted by Crippen LogP contribution is -2.22. The van der Waals surface area contributed by atoms with Crippen molar-refractivity contribution in [3.8, 4) is 0 Å². The van der Waals surface area contributed by atoms with Gasteiger partial charge in [-0.25, -0.2) is 0 Å². The number of nitrogens with zero attached hydrogens (tertiary/aromatic N) is 1. The number of hydroxylamine groups is 2. The first-order valence-electron chi connectivity index (χ1n) is 3.71. The first kappa shape index (κ1) is 8.49. The Morgan fingerprint density at radius 2 is 2.27 bits per heavy atom. The van der Waals surface area contributed by atoms with Crippen LogP contribution in [0.5, 0.6) is 0 Å². The number of hydrogen-bond acceptors (Lipinski definition) is 4. The molecule has 1 rings (SSSR count). The van der Waals surface area contributed by atoms with Gasteiger partial charge in [-0.05, 0) is 24.0 Å². The number of carbonyl (C=O) groups excluding carboxylic acids is 1. The summed E-state index contributed by atoms with van der Waals surface area (Å²) in [7, 11) is 3.00. The smallest absolute Gasteiger partial charge is 0.328 e. The highest BCUT2D eigenvalue weighted by atomic mass is 17.0. The molecule has 0 N–H and O–H groups in total. The van der Waals surface area contributed by atoms with Gasteiger partial charge in [-0.2, -0.15) is 0 Å². The van der Waals surface area contributed by atoms with E-state index in [0.29, 0.717) is 12.3 Å². The Balaban J connectivity index is 2.08. The molecule has 0 amide bonds. The third-order valence-electron chi connectivity index (χ3n) is 1.64. The van der Waals surface area contributed by atoms with Crippen molar-refractivity contribution in [2.24, 2.45) is 5.92 Å². The quantitative estimate of drug-likeness (QED) is 0.567. The van der Waals surface area contributed by atoms with Crippen molar-refractivity contribution in [3.63, 3.8) is 0 Å². The fourth-order valence-electron chi connectivity index (χ4n) is 0.776. The second-order valence-corrected chi connectivity index (χ2v) is 2.73. The van der Waals surface area contributed by atoms with E-state index in [1.165, 1.54) is 7.11 Å². The van der Waals surface area contributed by atoms with Gasteiger partial charge in [0.25, 0.3) is 0 Å². The van der Waals surface area contributed by atoms with Crippen LogP contribution in [-0.2, 0) is 14.5 Å². The molecule has 1 aliphatic carbocycles. The second-order valence-electron chi connectivity index (χ2n) is 2.73. The molecule has 11 heavy (non-hydrogen) atoms. The summed E-state index contributed by atoms with van der Waals surface area (Å²) in [5.41, 5.74) is 0. The summed E-state index contributed by atoms with van der Waals surface area (Å²) in [6, 6.07) is 0. The predicted octanol–water partition coefficient (Wildman–Crippen LogP) is 0.738. The standard InChI is InChI=1S/C7H13NO3/c1-8(10-2)11-7(9)5-6-3-4-6/h6H,3-5H2,1-2H3. The predicted molar refractivity (Wildman–Crippen MR) is 38.2 cm³/mol. The lowest BCUT2D eigenvalue weighted by Gasteiger charge is -2.11. The van der Waals surface area contributed by atoms with E-state index in [2.05, 4.69) is 4.84 Å². The monoisotopic (exact) mass is 159 g/mol. The minimum atomic E-state index is -0.211. The van der Waals surface area contributed by atoms with Gasteiger partial charge in [0.05, 0.1) is 20.6 Å². The highest BCUT2D eigenvalue weighted by Crippen LogP contribution is 2.32. The van der Waals surface area contributed by atoms with E-state index in [0.717, 1.165) is 18.1 Å². The molecule has 1 aliphatic rings. The van der Waals surface area contributed by atoms with E-state index in [1.807, 2.05) is 0 Å². The van der Waals surface area contributed by atoms with Crippen LogP contribution in [0.4, 0.5) is 0 Å². The first-order chi connectivity index (χ1) is 5.22. The van der Waals surface area contributed by atoms with Gasteiger partial charge in [-0.3, -0.25) is 9.63 Å². The molecule has 1 fully saturated rings. The van der Waals surface area contributed by atoms with Crippen molar-refractivity contribution in [1.82, 2.24) is 5.23 Å². The topological polar surface area (TPSA) is 38.8 Å². The Morgan fingerprint density at radius 1 is 1.64 bits per heavy atom. The van der Waals surface area contributed by atoms with Crippen LogP contribution in [0.3, 0.4) is 0 Å². The molecule has 0 atom stereocenters. The van der Waals surface area contributed by atoms with Crippen molar-refractivity contribution in [2.75, 3.05) is 14.2 Å². The molecule has 4 nitrogen and oxygen atoms in total. The SMILES string of the molecule is CON(C)OC(=O)CC1CC1. The van der Waals surface area contributed by atoms with E-state index in [9.17, 15) is 4.79 Å². The minimum Gasteiger partial charge on any atom is -0.343 e. The van der Waals surface area contributed by atoms with Crippen molar-refractivity contribution in [2.45, 2.75) is 19.3 Å². The summed E-state index contributed by atoms with van der Waals surface area (Å²) in [5, 5.41) is 1.06. The van der Waals surface area contributed by atoms with Gasteiger partial charge in [0.2, 0.25) is 0 Å². The molecule has 0 aromatic rings. The Labute approximate surface area is 66.0 Å². The molecular formula is C7H13NO3. The molecular weight excluding hydrogens is 146 g/mol. The fraction of sp³-hybridized carbons (Fsp3) is 0.857. The maximum absolute atomic E-state index is 10.9. The third-order valence-corrected chi connectivity index (χ3v) is 1.64. The van der Waals surface area contributed by atoms with Gasteiger partial charge in [0, 0.05) is 0 Å². The van der Waals surface area contributed by atoms with Gasteiger partial charge < -0.3 is 4.84 Å². The largest absolute Gasteiger partial charge is 0.343 e. The Morgan fingerprint density at radius 3 is 2.73 bits per heavy atom. The Bertz CT molecular complexity index is 145. The van der Waals surface area contributed by atoms with Crippen LogP contribution in [-0.4, -0.2) is 25.4 Å². The number of rotatable bonds is 4. The average molecular weight is 159 g/mol. The highest BCUT2D eigenvalue weighted by molar-refractivity contribution is 5.69. The molecule has 0 unspecified atom stereocenters. The van der Waals surface area contributed by atoms with E-state index in [4.69, 9.17) is 4.84 Å². The van der Waals surface area contributed by atoms with Crippen LogP contribution in [0.1, 0.15) is 19.3 Å². The van der Waals surface area contributed by atoms with Crippen LogP contribution >= 0.6 is 0 Å². The lowest BCUT2D eigenvalue weighted by molar-refractivity contribution is -0.318. The highest BCUT2D eigenvalue weighted by Gasteiger charge is 2.25. The average Bonchev–Trinajstić information content (AvgIpc) is 2.71. The van der Waals surface area contributed by atoms with E-state index < -0.39 is 0 Å². The number of hydrogen-bond donors (Lipinski definition) is 0. The fourth-order valence-corrected chi connectivity index (χ4v) is 0.776. The summed E-state index contributed by atoms with van der Waals surface area (Å²) in [5.74, 6) is 0.351. The van der Waals surface area contributed by atoms with Gasteiger partial charge in [0.1, 0.15) is 0 Å². The molecule has 64 valence electrons. The van der Waals surface area contributed by atoms with E-state index in [-0.39, 0.29) is 5.97 Å². The zero-order chi connectivity index (χ0) is 8.27. The van der Waals surface area contributed by atoms with Crippen LogP contribution in [0.2, 0.25) is 0 Å². The van der Waals surface area contributed by atoms with Crippen molar-refractivity contribution in [1.29, 1.82) is 0 Å². The molecule has 1 saturated carbocycles. The molecule has 0 spiro atoms. The maximum Gasteiger partial charge on any atom is 0.328 e. The van der Waals surface area contributed by atoms with Crippen LogP contribution < -0.4 is 0 Å². The zero-order valence-corrected chi connectivity index (χ0v) is 6.87. The summed E-state index contributed by atoms with van der Waals surface area (Å²) in [6.45, 7) is 0. The van der Waals surface area contributed by atoms with Gasteiger partial charge in [-0.15, -0.1) is 0 Å². The molecule has 0 aromatic carbocycles. The Hall–Kier alpha value is -0.610. The summed E-state index contributed by atoms with van der Waals surface area (Å²) >= 11 is 0. The minimum absolute atomic E-state index is 0.211. The second kappa shape index (κ2) is 3.69. The summed E-state index contributed by atoms with van der Waals surface area (Å²) in [6.07, 6.45) is 2.84. The molecule has 0 aromatic heterocycles. The first-order valence-corrected chi connectivity index (χ1v) is 3.71. The van der Waals surface area contributed by atoms with Crippen molar-refractivity contribution < 1.29 is 14.5 Å². The molecule has 4 heteroatoms. The third kappa shape index (κ3) is 3.34. The van der Waals surface area contributed by atoms with Gasteiger partial charge >= 0.3 is 5.97 Å².